The average Bonchev–Trinajstić information content (AvgIpc) is 3.08. The minimum atomic E-state index is 0.723. The first-order chi connectivity index (χ1) is 11.8. The molecule has 0 aliphatic rings. The van der Waals surface area contributed by atoms with E-state index in [1.807, 2.05) is 30.3 Å². The topological polar surface area (TPSA) is 47.3 Å². The number of para-hydroxylation sites is 1. The van der Waals surface area contributed by atoms with E-state index in [4.69, 9.17) is 9.26 Å². The van der Waals surface area contributed by atoms with Crippen LogP contribution in [0.2, 0.25) is 0 Å². The lowest BCUT2D eigenvalue weighted by Crippen LogP contribution is -2.11. The van der Waals surface area contributed by atoms with Crippen molar-refractivity contribution in [3.05, 3.63) is 36.0 Å². The van der Waals surface area contributed by atoms with Gasteiger partial charge in [-0.15, -0.1) is 0 Å². The van der Waals surface area contributed by atoms with E-state index in [9.17, 15) is 0 Å². The van der Waals surface area contributed by atoms with Gasteiger partial charge in [-0.05, 0) is 25.1 Å². The first-order valence-corrected chi connectivity index (χ1v) is 9.23. The largest absolute Gasteiger partial charge is 0.493 e. The molecule has 1 aromatic carbocycles. The molecule has 0 atom stereocenters. The van der Waals surface area contributed by atoms with Crippen LogP contribution < -0.4 is 10.1 Å². The van der Waals surface area contributed by atoms with Gasteiger partial charge in [0.2, 0.25) is 0 Å². The van der Waals surface area contributed by atoms with E-state index in [2.05, 4.69) is 24.3 Å². The van der Waals surface area contributed by atoms with E-state index in [0.717, 1.165) is 48.9 Å². The normalized spacial score (nSPS) is 10.9. The lowest BCUT2D eigenvalue weighted by molar-refractivity contribution is 0.304. The zero-order valence-electron chi connectivity index (χ0n) is 15.0. The van der Waals surface area contributed by atoms with Crippen LogP contribution in [-0.4, -0.2) is 18.3 Å². The Morgan fingerprint density at radius 3 is 2.67 bits per heavy atom. The van der Waals surface area contributed by atoms with Gasteiger partial charge in [0.15, 0.2) is 5.76 Å². The second-order valence-corrected chi connectivity index (χ2v) is 6.08. The summed E-state index contributed by atoms with van der Waals surface area (Å²) in [5.74, 6) is 1.64. The van der Waals surface area contributed by atoms with Crippen LogP contribution in [0.3, 0.4) is 0 Å². The number of ether oxygens (including phenoxy) is 1. The third kappa shape index (κ3) is 6.00. The van der Waals surface area contributed by atoms with Crippen molar-refractivity contribution in [2.75, 3.05) is 13.2 Å². The highest BCUT2D eigenvalue weighted by molar-refractivity contribution is 5.65. The molecule has 4 nitrogen and oxygen atoms in total. The van der Waals surface area contributed by atoms with Crippen molar-refractivity contribution in [2.45, 2.75) is 58.9 Å². The van der Waals surface area contributed by atoms with Crippen LogP contribution in [0, 0.1) is 0 Å². The van der Waals surface area contributed by atoms with Crippen molar-refractivity contribution in [1.82, 2.24) is 10.5 Å². The van der Waals surface area contributed by atoms with Crippen molar-refractivity contribution in [1.29, 1.82) is 0 Å². The number of unbranched alkanes of at least 4 members (excludes halogenated alkanes) is 5. The fraction of sp³-hybridized carbons (Fsp3) is 0.550. The third-order valence-corrected chi connectivity index (χ3v) is 4.02. The highest BCUT2D eigenvalue weighted by Gasteiger charge is 2.11. The average molecular weight is 330 g/mol. The van der Waals surface area contributed by atoms with Crippen molar-refractivity contribution in [3.63, 3.8) is 0 Å². The predicted octanol–water partition coefficient (Wildman–Crippen LogP) is 5.19. The maximum absolute atomic E-state index is 5.99. The molecule has 132 valence electrons. The molecule has 0 amide bonds. The molecule has 4 heteroatoms. The van der Waals surface area contributed by atoms with Crippen LogP contribution in [0.15, 0.2) is 34.9 Å². The zero-order chi connectivity index (χ0) is 17.0. The molecule has 2 aromatic rings. The second kappa shape index (κ2) is 10.9. The van der Waals surface area contributed by atoms with E-state index in [1.54, 1.807) is 0 Å². The Kier molecular flexibility index (Phi) is 8.39. The standard InChI is InChI=1S/C20H30N2O2/c1-3-5-6-7-8-11-14-23-19-13-10-9-12-18(19)20-15-17(22-24-20)16-21-4-2/h9-10,12-13,15,21H,3-8,11,14,16H2,1-2H3. The highest BCUT2D eigenvalue weighted by atomic mass is 16.5. The Balaban J connectivity index is 1.86. The Morgan fingerprint density at radius 2 is 1.83 bits per heavy atom. The molecule has 0 spiro atoms. The van der Waals surface area contributed by atoms with Crippen LogP contribution in [0.5, 0.6) is 5.75 Å². The van der Waals surface area contributed by atoms with Gasteiger partial charge >= 0.3 is 0 Å². The Bertz CT molecular complexity index is 581. The lowest BCUT2D eigenvalue weighted by atomic mass is 10.1. The van der Waals surface area contributed by atoms with Crippen LogP contribution >= 0.6 is 0 Å². The second-order valence-electron chi connectivity index (χ2n) is 6.08. The molecule has 0 saturated carbocycles. The highest BCUT2D eigenvalue weighted by Crippen LogP contribution is 2.30. The zero-order valence-corrected chi connectivity index (χ0v) is 15.0. The predicted molar refractivity (Wildman–Crippen MR) is 98.2 cm³/mol. The van der Waals surface area contributed by atoms with Gasteiger partial charge in [-0.3, -0.25) is 0 Å². The first-order valence-electron chi connectivity index (χ1n) is 9.23. The molecule has 2 rings (SSSR count). The van der Waals surface area contributed by atoms with Gasteiger partial charge in [-0.25, -0.2) is 0 Å². The van der Waals surface area contributed by atoms with Gasteiger partial charge < -0.3 is 14.6 Å². The molecule has 0 aliphatic carbocycles. The van der Waals surface area contributed by atoms with Gasteiger partial charge in [-0.1, -0.05) is 63.2 Å². The molecule has 0 aliphatic heterocycles. The number of nitrogens with zero attached hydrogens (tertiary/aromatic N) is 1. The molecule has 0 fully saturated rings. The minimum absolute atomic E-state index is 0.723. The van der Waals surface area contributed by atoms with Crippen molar-refractivity contribution < 1.29 is 9.26 Å². The number of hydrogen-bond acceptors (Lipinski definition) is 4. The van der Waals surface area contributed by atoms with E-state index in [1.165, 1.54) is 32.1 Å². The molecular formula is C20H30N2O2. The molecule has 0 saturated heterocycles. The maximum Gasteiger partial charge on any atom is 0.170 e. The van der Waals surface area contributed by atoms with E-state index in [-0.39, 0.29) is 0 Å². The monoisotopic (exact) mass is 330 g/mol. The molecular weight excluding hydrogens is 300 g/mol. The summed E-state index contributed by atoms with van der Waals surface area (Å²) < 4.78 is 11.5. The molecule has 1 heterocycles. The SMILES string of the molecule is CCCCCCCCOc1ccccc1-c1cc(CNCC)no1. The summed E-state index contributed by atoms with van der Waals surface area (Å²) in [5.41, 5.74) is 1.89. The summed E-state index contributed by atoms with van der Waals surface area (Å²) in [6.07, 6.45) is 7.59. The Labute approximate surface area is 145 Å². The number of aromatic nitrogens is 1. The summed E-state index contributed by atoms with van der Waals surface area (Å²) in [6, 6.07) is 10.00. The summed E-state index contributed by atoms with van der Waals surface area (Å²) in [5, 5.41) is 7.37. The van der Waals surface area contributed by atoms with Crippen molar-refractivity contribution in [2.24, 2.45) is 0 Å². The fourth-order valence-electron chi connectivity index (χ4n) is 2.64. The molecule has 0 bridgehead atoms. The molecule has 0 unspecified atom stereocenters. The van der Waals surface area contributed by atoms with Crippen molar-refractivity contribution >= 4 is 0 Å². The van der Waals surface area contributed by atoms with Crippen LogP contribution in [0.25, 0.3) is 11.3 Å². The molecule has 1 N–H and O–H groups in total. The van der Waals surface area contributed by atoms with Crippen LogP contribution in [0.1, 0.15) is 58.1 Å². The lowest BCUT2D eigenvalue weighted by Gasteiger charge is -2.09. The van der Waals surface area contributed by atoms with Crippen LogP contribution in [-0.2, 0) is 6.54 Å². The Morgan fingerprint density at radius 1 is 1.04 bits per heavy atom. The van der Waals surface area contributed by atoms with Gasteiger partial charge in [0.1, 0.15) is 5.75 Å². The van der Waals surface area contributed by atoms with Crippen molar-refractivity contribution in [3.8, 4) is 17.1 Å². The van der Waals surface area contributed by atoms with Crippen LogP contribution in [0.4, 0.5) is 0 Å². The minimum Gasteiger partial charge on any atom is -0.493 e. The fourth-order valence-corrected chi connectivity index (χ4v) is 2.64. The first kappa shape index (κ1) is 18.5. The summed E-state index contributed by atoms with van der Waals surface area (Å²) in [7, 11) is 0. The number of benzene rings is 1. The number of hydrogen-bond donors (Lipinski definition) is 1. The van der Waals surface area contributed by atoms with Gasteiger partial charge in [0.05, 0.1) is 17.9 Å². The smallest absolute Gasteiger partial charge is 0.170 e. The third-order valence-electron chi connectivity index (χ3n) is 4.02. The Hall–Kier alpha value is -1.81. The summed E-state index contributed by atoms with van der Waals surface area (Å²) in [4.78, 5) is 0. The summed E-state index contributed by atoms with van der Waals surface area (Å²) in [6.45, 7) is 6.71. The van der Waals surface area contributed by atoms with Gasteiger partial charge in [-0.2, -0.15) is 0 Å². The summed E-state index contributed by atoms with van der Waals surface area (Å²) >= 11 is 0. The van der Waals surface area contributed by atoms with Gasteiger partial charge in [0.25, 0.3) is 0 Å². The van der Waals surface area contributed by atoms with Gasteiger partial charge in [0, 0.05) is 12.6 Å². The van der Waals surface area contributed by atoms with E-state index < -0.39 is 0 Å². The maximum atomic E-state index is 5.99. The number of rotatable bonds is 12. The van der Waals surface area contributed by atoms with E-state index >= 15 is 0 Å². The number of nitrogens with one attached hydrogen (secondary N) is 1. The quantitative estimate of drug-likeness (QED) is 0.544. The molecule has 0 radical (unpaired) electrons. The van der Waals surface area contributed by atoms with E-state index in [0.29, 0.717) is 0 Å². The molecule has 1 aromatic heterocycles. The molecule has 24 heavy (non-hydrogen) atoms.